The number of unbranched alkanes of at least 4 members (excludes halogenated alkanes) is 1. The Morgan fingerprint density at radius 1 is 1.00 bits per heavy atom. The number of likely N-dealkylation sites (N-methyl/N-ethyl adjacent to an activating group) is 1. The van der Waals surface area contributed by atoms with Crippen molar-refractivity contribution in [2.45, 2.75) is 58.7 Å². The van der Waals surface area contributed by atoms with E-state index in [4.69, 9.17) is 14.2 Å². The van der Waals surface area contributed by atoms with E-state index < -0.39 is 17.8 Å². The first-order valence-corrected chi connectivity index (χ1v) is 11.2. The highest BCUT2D eigenvalue weighted by Gasteiger charge is 2.22. The van der Waals surface area contributed by atoms with Crippen LogP contribution in [0.25, 0.3) is 0 Å². The molecule has 1 unspecified atom stereocenters. The van der Waals surface area contributed by atoms with Crippen LogP contribution in [-0.2, 0) is 16.0 Å². The minimum absolute atomic E-state index is 0.0756. The van der Waals surface area contributed by atoms with Gasteiger partial charge in [0.15, 0.2) is 0 Å². The summed E-state index contributed by atoms with van der Waals surface area (Å²) in [6.45, 7) is 8.22. The van der Waals surface area contributed by atoms with Gasteiger partial charge in [-0.15, -0.1) is 0 Å². The second kappa shape index (κ2) is 12.3. The number of benzene rings is 2. The third-order valence-electron chi connectivity index (χ3n) is 4.69. The molecular formula is C26H35NO6. The normalized spacial score (nSPS) is 12.1. The number of aliphatic hydroxyl groups excluding tert-OH is 1. The largest absolute Gasteiger partial charge is 0.494 e. The summed E-state index contributed by atoms with van der Waals surface area (Å²) >= 11 is 0. The maximum Gasteiger partial charge on any atom is 0.410 e. The highest BCUT2D eigenvalue weighted by atomic mass is 16.6. The van der Waals surface area contributed by atoms with Crippen molar-refractivity contribution in [3.05, 3.63) is 59.7 Å². The van der Waals surface area contributed by atoms with E-state index in [0.29, 0.717) is 17.9 Å². The molecule has 33 heavy (non-hydrogen) atoms. The Bertz CT molecular complexity index is 886. The summed E-state index contributed by atoms with van der Waals surface area (Å²) in [6, 6.07) is 14.0. The van der Waals surface area contributed by atoms with Crippen molar-refractivity contribution in [2.75, 3.05) is 20.2 Å². The monoisotopic (exact) mass is 457 g/mol. The van der Waals surface area contributed by atoms with Crippen LogP contribution in [0.2, 0.25) is 0 Å². The zero-order chi connectivity index (χ0) is 24.4. The average Bonchev–Trinajstić information content (AvgIpc) is 2.74. The van der Waals surface area contributed by atoms with Crippen molar-refractivity contribution in [1.82, 2.24) is 4.90 Å². The molecule has 0 aliphatic carbocycles. The molecule has 2 aromatic rings. The lowest BCUT2D eigenvalue weighted by molar-refractivity contribution is -0.133. The minimum Gasteiger partial charge on any atom is -0.494 e. The summed E-state index contributed by atoms with van der Waals surface area (Å²) in [6.07, 6.45) is 0.815. The number of nitrogens with zero attached hydrogens (tertiary/aromatic N) is 1. The molecule has 180 valence electrons. The molecule has 0 aliphatic rings. The summed E-state index contributed by atoms with van der Waals surface area (Å²) < 4.78 is 16.3. The number of carbonyl (C=O) groups excluding carboxylic acids is 2. The van der Waals surface area contributed by atoms with Gasteiger partial charge in [-0.25, -0.2) is 4.79 Å². The SMILES string of the molecule is CCCCOc1ccc(CC(=O)Oc2ccc(C(O)CN(C)C(=O)OC(C)(C)C)cc2)cc1. The van der Waals surface area contributed by atoms with Gasteiger partial charge in [0.2, 0.25) is 0 Å². The van der Waals surface area contributed by atoms with Crippen LogP contribution in [0, 0.1) is 0 Å². The first kappa shape index (κ1) is 26.2. The lowest BCUT2D eigenvalue weighted by Gasteiger charge is -2.26. The summed E-state index contributed by atoms with van der Waals surface area (Å²) in [5.41, 5.74) is 0.829. The molecular weight excluding hydrogens is 422 g/mol. The number of hydrogen-bond acceptors (Lipinski definition) is 6. The maximum absolute atomic E-state index is 12.3. The quantitative estimate of drug-likeness (QED) is 0.310. The van der Waals surface area contributed by atoms with Gasteiger partial charge in [-0.3, -0.25) is 4.79 Å². The van der Waals surface area contributed by atoms with E-state index in [9.17, 15) is 14.7 Å². The maximum atomic E-state index is 12.3. The Labute approximate surface area is 196 Å². The molecule has 7 heteroatoms. The molecule has 0 saturated heterocycles. The van der Waals surface area contributed by atoms with Crippen molar-refractivity contribution in [3.63, 3.8) is 0 Å². The van der Waals surface area contributed by atoms with Gasteiger partial charge in [-0.1, -0.05) is 37.6 Å². The van der Waals surface area contributed by atoms with Gasteiger partial charge in [0, 0.05) is 7.05 Å². The topological polar surface area (TPSA) is 85.3 Å². The van der Waals surface area contributed by atoms with Gasteiger partial charge in [0.25, 0.3) is 0 Å². The second-order valence-electron chi connectivity index (χ2n) is 8.94. The van der Waals surface area contributed by atoms with E-state index >= 15 is 0 Å². The lowest BCUT2D eigenvalue weighted by atomic mass is 10.1. The first-order chi connectivity index (χ1) is 15.6. The third kappa shape index (κ3) is 9.53. The van der Waals surface area contributed by atoms with Crippen molar-refractivity contribution in [3.8, 4) is 11.5 Å². The summed E-state index contributed by atoms with van der Waals surface area (Å²) in [5, 5.41) is 10.4. The lowest BCUT2D eigenvalue weighted by Crippen LogP contribution is -2.36. The number of hydrogen-bond donors (Lipinski definition) is 1. The van der Waals surface area contributed by atoms with Crippen molar-refractivity contribution < 1.29 is 28.9 Å². The minimum atomic E-state index is -0.898. The van der Waals surface area contributed by atoms with E-state index in [2.05, 4.69) is 6.92 Å². The fraction of sp³-hybridized carbons (Fsp3) is 0.462. The number of rotatable bonds is 10. The fourth-order valence-electron chi connectivity index (χ4n) is 2.91. The zero-order valence-corrected chi connectivity index (χ0v) is 20.2. The molecule has 2 aromatic carbocycles. The molecule has 0 bridgehead atoms. The van der Waals surface area contributed by atoms with Crippen LogP contribution in [0.4, 0.5) is 4.79 Å². The van der Waals surface area contributed by atoms with Crippen molar-refractivity contribution >= 4 is 12.1 Å². The Hall–Kier alpha value is -3.06. The Morgan fingerprint density at radius 3 is 2.18 bits per heavy atom. The van der Waals surface area contributed by atoms with Crippen LogP contribution in [0.15, 0.2) is 48.5 Å². The van der Waals surface area contributed by atoms with Crippen LogP contribution < -0.4 is 9.47 Å². The van der Waals surface area contributed by atoms with Crippen LogP contribution in [0.3, 0.4) is 0 Å². The molecule has 0 saturated carbocycles. The van der Waals surface area contributed by atoms with Gasteiger partial charge < -0.3 is 24.2 Å². The highest BCUT2D eigenvalue weighted by Crippen LogP contribution is 2.20. The van der Waals surface area contributed by atoms with Gasteiger partial charge in [-0.2, -0.15) is 0 Å². The number of carbonyl (C=O) groups is 2. The summed E-state index contributed by atoms with van der Waals surface area (Å²) in [4.78, 5) is 25.7. The Morgan fingerprint density at radius 2 is 1.61 bits per heavy atom. The first-order valence-electron chi connectivity index (χ1n) is 11.2. The predicted molar refractivity (Wildman–Crippen MR) is 126 cm³/mol. The Kier molecular flexibility index (Phi) is 9.73. The second-order valence-corrected chi connectivity index (χ2v) is 8.94. The van der Waals surface area contributed by atoms with Gasteiger partial charge in [-0.05, 0) is 62.6 Å². The number of amides is 1. The standard InChI is InChI=1S/C26H35NO6/c1-6-7-16-31-21-12-8-19(9-13-21)17-24(29)32-22-14-10-20(11-15-22)23(28)18-27(5)25(30)33-26(2,3)4/h8-15,23,28H,6-7,16-18H2,1-5H3. The third-order valence-corrected chi connectivity index (χ3v) is 4.69. The molecule has 0 fully saturated rings. The summed E-state index contributed by atoms with van der Waals surface area (Å²) in [7, 11) is 1.57. The Balaban J connectivity index is 1.84. The predicted octanol–water partition coefficient (Wildman–Crippen LogP) is 4.91. The van der Waals surface area contributed by atoms with Crippen molar-refractivity contribution in [2.24, 2.45) is 0 Å². The van der Waals surface area contributed by atoms with E-state index in [1.165, 1.54) is 4.90 Å². The van der Waals surface area contributed by atoms with E-state index in [1.807, 2.05) is 24.3 Å². The summed E-state index contributed by atoms with van der Waals surface area (Å²) in [5.74, 6) is 0.788. The van der Waals surface area contributed by atoms with Gasteiger partial charge >= 0.3 is 12.1 Å². The van der Waals surface area contributed by atoms with E-state index in [1.54, 1.807) is 52.1 Å². The number of ether oxygens (including phenoxy) is 3. The van der Waals surface area contributed by atoms with Crippen molar-refractivity contribution in [1.29, 1.82) is 0 Å². The smallest absolute Gasteiger partial charge is 0.410 e. The van der Waals surface area contributed by atoms with Gasteiger partial charge in [0.1, 0.15) is 17.1 Å². The molecule has 0 spiro atoms. The van der Waals surface area contributed by atoms with Crippen LogP contribution >= 0.6 is 0 Å². The van der Waals surface area contributed by atoms with Crippen LogP contribution in [0.1, 0.15) is 57.8 Å². The molecule has 7 nitrogen and oxygen atoms in total. The molecule has 1 atom stereocenters. The van der Waals surface area contributed by atoms with Crippen LogP contribution in [0.5, 0.6) is 11.5 Å². The molecule has 0 aliphatic heterocycles. The molecule has 1 amide bonds. The van der Waals surface area contributed by atoms with E-state index in [-0.39, 0.29) is 18.9 Å². The number of esters is 1. The van der Waals surface area contributed by atoms with Gasteiger partial charge in [0.05, 0.1) is 25.7 Å². The van der Waals surface area contributed by atoms with E-state index in [0.717, 1.165) is 24.2 Å². The fourth-order valence-corrected chi connectivity index (χ4v) is 2.91. The highest BCUT2D eigenvalue weighted by molar-refractivity contribution is 5.75. The van der Waals surface area contributed by atoms with Crippen LogP contribution in [-0.4, -0.2) is 47.9 Å². The average molecular weight is 458 g/mol. The molecule has 0 radical (unpaired) electrons. The zero-order valence-electron chi connectivity index (χ0n) is 20.2. The molecule has 2 rings (SSSR count). The molecule has 1 N–H and O–H groups in total. The molecule has 0 heterocycles. The number of aliphatic hydroxyl groups is 1. The molecule has 0 aromatic heterocycles.